The molecule has 0 bridgehead atoms. The molecule has 3 nitrogen and oxygen atoms in total. The number of aromatic nitrogens is 1. The summed E-state index contributed by atoms with van der Waals surface area (Å²) in [6.07, 6.45) is 0. The Morgan fingerprint density at radius 2 is 1.71 bits per heavy atom. The Hall–Kier alpha value is -2.59. The first-order valence-corrected chi connectivity index (χ1v) is 8.36. The van der Waals surface area contributed by atoms with Gasteiger partial charge in [0.1, 0.15) is 0 Å². The number of benzene rings is 3. The minimum atomic E-state index is -0.338. The van der Waals surface area contributed by atoms with Gasteiger partial charge in [-0.05, 0) is 29.8 Å². The van der Waals surface area contributed by atoms with Gasteiger partial charge in [-0.25, -0.2) is 4.79 Å². The molecule has 4 aromatic rings. The summed E-state index contributed by atoms with van der Waals surface area (Å²) in [7, 11) is 1.40. The summed E-state index contributed by atoms with van der Waals surface area (Å²) in [6, 6.07) is 19.8. The van der Waals surface area contributed by atoms with Crippen molar-refractivity contribution in [2.75, 3.05) is 7.11 Å². The largest absolute Gasteiger partial charge is 0.465 e. The maximum absolute atomic E-state index is 12.2. The predicted octanol–water partition coefficient (Wildman–Crippen LogP) is 5.54. The van der Waals surface area contributed by atoms with Crippen molar-refractivity contribution in [2.24, 2.45) is 0 Å². The van der Waals surface area contributed by atoms with E-state index >= 15 is 0 Å². The predicted molar refractivity (Wildman–Crippen MR) is 100 cm³/mol. The monoisotopic (exact) mass is 379 g/mol. The van der Waals surface area contributed by atoms with Crippen LogP contribution in [-0.2, 0) is 4.74 Å². The van der Waals surface area contributed by atoms with Gasteiger partial charge in [-0.1, -0.05) is 52.3 Å². The highest BCUT2D eigenvalue weighted by atomic mass is 79.9. The van der Waals surface area contributed by atoms with Crippen LogP contribution in [-0.4, -0.2) is 18.1 Å². The summed E-state index contributed by atoms with van der Waals surface area (Å²) in [5, 5.41) is 2.28. The number of halogens is 1. The lowest BCUT2D eigenvalue weighted by Crippen LogP contribution is -2.03. The molecule has 1 aromatic heterocycles. The summed E-state index contributed by atoms with van der Waals surface area (Å²) >= 11 is 3.60. The highest BCUT2D eigenvalue weighted by Crippen LogP contribution is 2.37. The number of nitrogens with one attached hydrogen (secondary N) is 1. The van der Waals surface area contributed by atoms with Crippen LogP contribution < -0.4 is 0 Å². The van der Waals surface area contributed by atoms with Crippen LogP contribution in [0, 0.1) is 0 Å². The molecule has 24 heavy (non-hydrogen) atoms. The molecule has 0 saturated carbocycles. The number of hydrogen-bond acceptors (Lipinski definition) is 2. The minimum Gasteiger partial charge on any atom is -0.465 e. The van der Waals surface area contributed by atoms with Gasteiger partial charge < -0.3 is 9.72 Å². The summed E-state index contributed by atoms with van der Waals surface area (Å²) in [5.41, 5.74) is 4.45. The highest BCUT2D eigenvalue weighted by molar-refractivity contribution is 9.10. The van der Waals surface area contributed by atoms with E-state index in [0.29, 0.717) is 5.56 Å². The van der Waals surface area contributed by atoms with Crippen LogP contribution in [0.3, 0.4) is 0 Å². The number of carbonyl (C=O) groups excluding carboxylic acids is 1. The van der Waals surface area contributed by atoms with Gasteiger partial charge in [-0.3, -0.25) is 0 Å². The van der Waals surface area contributed by atoms with E-state index in [4.69, 9.17) is 4.74 Å². The molecule has 0 amide bonds. The second-order valence-electron chi connectivity index (χ2n) is 5.58. The Labute approximate surface area is 147 Å². The number of methoxy groups -OCH3 is 1. The third kappa shape index (κ3) is 2.31. The van der Waals surface area contributed by atoms with E-state index < -0.39 is 0 Å². The molecule has 0 atom stereocenters. The van der Waals surface area contributed by atoms with Gasteiger partial charge in [0.05, 0.1) is 18.2 Å². The van der Waals surface area contributed by atoms with Crippen molar-refractivity contribution in [1.29, 1.82) is 0 Å². The number of hydrogen-bond donors (Lipinski definition) is 1. The molecule has 0 fully saturated rings. The second-order valence-corrected chi connectivity index (χ2v) is 6.50. The third-order valence-corrected chi connectivity index (χ3v) is 4.66. The molecular formula is C20H14BrNO2. The summed E-state index contributed by atoms with van der Waals surface area (Å²) in [4.78, 5) is 15.6. The average Bonchev–Trinajstić information content (AvgIpc) is 2.99. The number of fused-ring (bicyclic) bond motifs is 3. The molecule has 3 aromatic carbocycles. The summed E-state index contributed by atoms with van der Waals surface area (Å²) in [6.45, 7) is 0. The van der Waals surface area contributed by atoms with Crippen molar-refractivity contribution in [3.8, 4) is 11.1 Å². The van der Waals surface area contributed by atoms with Gasteiger partial charge in [-0.2, -0.15) is 0 Å². The number of aromatic amines is 1. The van der Waals surface area contributed by atoms with E-state index in [2.05, 4.69) is 39.1 Å². The molecular weight excluding hydrogens is 366 g/mol. The van der Waals surface area contributed by atoms with Crippen LogP contribution in [0.25, 0.3) is 32.9 Å². The van der Waals surface area contributed by atoms with Crippen molar-refractivity contribution >= 4 is 43.7 Å². The van der Waals surface area contributed by atoms with Gasteiger partial charge in [0.25, 0.3) is 0 Å². The highest BCUT2D eigenvalue weighted by Gasteiger charge is 2.17. The Kier molecular flexibility index (Phi) is 3.62. The summed E-state index contributed by atoms with van der Waals surface area (Å²) in [5.74, 6) is -0.338. The van der Waals surface area contributed by atoms with E-state index in [1.54, 1.807) is 6.07 Å². The lowest BCUT2D eigenvalue weighted by atomic mass is 9.97. The van der Waals surface area contributed by atoms with Gasteiger partial charge in [-0.15, -0.1) is 0 Å². The average molecular weight is 380 g/mol. The molecule has 0 radical (unpaired) electrons. The SMILES string of the molecule is COC(=O)c1ccccc1-c1cc(Br)cc2c1[nH]c1ccccc12. The van der Waals surface area contributed by atoms with Crippen molar-refractivity contribution in [3.05, 3.63) is 70.7 Å². The smallest absolute Gasteiger partial charge is 0.338 e. The quantitative estimate of drug-likeness (QED) is 0.464. The fourth-order valence-corrected chi connectivity index (χ4v) is 3.59. The number of rotatable bonds is 2. The normalized spacial score (nSPS) is 11.1. The van der Waals surface area contributed by atoms with Crippen molar-refractivity contribution in [1.82, 2.24) is 4.98 Å². The lowest BCUT2D eigenvalue weighted by Gasteiger charge is -2.10. The van der Waals surface area contributed by atoms with E-state index in [0.717, 1.165) is 37.4 Å². The molecule has 0 aliphatic heterocycles. The molecule has 0 aliphatic rings. The Bertz CT molecular complexity index is 1080. The standard InChI is InChI=1S/C20H14BrNO2/c1-24-20(23)15-8-3-2-6-13(15)16-10-12(21)11-17-14-7-4-5-9-18(14)22-19(16)17/h2-11,22H,1H3. The number of carbonyl (C=O) groups is 1. The summed E-state index contributed by atoms with van der Waals surface area (Å²) < 4.78 is 5.91. The van der Waals surface area contributed by atoms with Crippen LogP contribution in [0.4, 0.5) is 0 Å². The molecule has 4 heteroatoms. The molecule has 118 valence electrons. The van der Waals surface area contributed by atoms with E-state index in [-0.39, 0.29) is 5.97 Å². The van der Waals surface area contributed by atoms with Gasteiger partial charge in [0, 0.05) is 26.3 Å². The van der Waals surface area contributed by atoms with E-state index in [1.807, 2.05) is 36.4 Å². The first kappa shape index (κ1) is 15.0. The van der Waals surface area contributed by atoms with E-state index in [1.165, 1.54) is 7.11 Å². The Balaban J connectivity index is 2.10. The maximum Gasteiger partial charge on any atom is 0.338 e. The fourth-order valence-electron chi connectivity index (χ4n) is 3.13. The first-order valence-electron chi connectivity index (χ1n) is 7.56. The van der Waals surface area contributed by atoms with Gasteiger partial charge >= 0.3 is 5.97 Å². The zero-order valence-corrected chi connectivity index (χ0v) is 14.6. The fraction of sp³-hybridized carbons (Fsp3) is 0.0500. The lowest BCUT2D eigenvalue weighted by molar-refractivity contribution is 0.0601. The number of para-hydroxylation sites is 1. The first-order chi connectivity index (χ1) is 11.7. The third-order valence-electron chi connectivity index (χ3n) is 4.20. The van der Waals surface area contributed by atoms with E-state index in [9.17, 15) is 4.79 Å². The zero-order valence-electron chi connectivity index (χ0n) is 13.0. The number of esters is 1. The minimum absolute atomic E-state index is 0.338. The molecule has 0 aliphatic carbocycles. The van der Waals surface area contributed by atoms with Crippen molar-refractivity contribution < 1.29 is 9.53 Å². The Morgan fingerprint density at radius 3 is 2.54 bits per heavy atom. The van der Waals surface area contributed by atoms with Crippen LogP contribution in [0.5, 0.6) is 0 Å². The zero-order chi connectivity index (χ0) is 16.7. The second kappa shape index (κ2) is 5.80. The number of ether oxygens (including phenoxy) is 1. The molecule has 1 N–H and O–H groups in total. The molecule has 0 unspecified atom stereocenters. The van der Waals surface area contributed by atoms with Gasteiger partial charge in [0.15, 0.2) is 0 Å². The van der Waals surface area contributed by atoms with Crippen LogP contribution in [0.15, 0.2) is 65.1 Å². The van der Waals surface area contributed by atoms with Crippen LogP contribution in [0.2, 0.25) is 0 Å². The molecule has 0 saturated heterocycles. The van der Waals surface area contributed by atoms with Gasteiger partial charge in [0.2, 0.25) is 0 Å². The molecule has 4 rings (SSSR count). The molecule has 0 spiro atoms. The molecule has 1 heterocycles. The van der Waals surface area contributed by atoms with Crippen LogP contribution in [0.1, 0.15) is 10.4 Å². The number of H-pyrrole nitrogens is 1. The van der Waals surface area contributed by atoms with Crippen LogP contribution >= 0.6 is 15.9 Å². The van der Waals surface area contributed by atoms with Crippen molar-refractivity contribution in [3.63, 3.8) is 0 Å². The topological polar surface area (TPSA) is 42.1 Å². The van der Waals surface area contributed by atoms with Crippen molar-refractivity contribution in [2.45, 2.75) is 0 Å². The Morgan fingerprint density at radius 1 is 0.958 bits per heavy atom. The maximum atomic E-state index is 12.2.